The Morgan fingerprint density at radius 2 is 1.68 bits per heavy atom. The summed E-state index contributed by atoms with van der Waals surface area (Å²) >= 11 is 5.81. The third-order valence-corrected chi connectivity index (χ3v) is 7.72. The summed E-state index contributed by atoms with van der Waals surface area (Å²) in [5, 5.41) is 5.15. The molecule has 0 saturated carbocycles. The monoisotopic (exact) mass is 652 g/mol. The summed E-state index contributed by atoms with van der Waals surface area (Å²) in [6.07, 6.45) is -7.70. The Balaban J connectivity index is 1.35. The van der Waals surface area contributed by atoms with E-state index in [0.717, 1.165) is 26.0 Å². The molecule has 44 heavy (non-hydrogen) atoms. The maximum absolute atomic E-state index is 13.2. The van der Waals surface area contributed by atoms with Gasteiger partial charge in [0, 0.05) is 42.5 Å². The normalized spacial score (nSPS) is 21.0. The minimum Gasteiger partial charge on any atom is -0.474 e. The number of methoxy groups -OCH3 is 1. The average Bonchev–Trinajstić information content (AvgIpc) is 3.18. The molecule has 2 amide bonds. The van der Waals surface area contributed by atoms with E-state index in [4.69, 9.17) is 16.3 Å². The van der Waals surface area contributed by atoms with Gasteiger partial charge in [0.05, 0.1) is 12.1 Å². The minimum absolute atomic E-state index is 0.00496. The maximum atomic E-state index is 13.2. The van der Waals surface area contributed by atoms with Crippen molar-refractivity contribution in [2.45, 2.75) is 81.9 Å². The number of amides is 2. The van der Waals surface area contributed by atoms with E-state index < -0.39 is 48.4 Å². The Morgan fingerprint density at radius 1 is 1.02 bits per heavy atom. The molecule has 3 unspecified atom stereocenters. The molecule has 0 aliphatic carbocycles. The lowest BCUT2D eigenvalue weighted by molar-refractivity contribution is -0.275. The molecule has 2 aliphatic heterocycles. The van der Waals surface area contributed by atoms with Crippen molar-refractivity contribution in [2.24, 2.45) is 0 Å². The van der Waals surface area contributed by atoms with Crippen LogP contribution in [0.5, 0.6) is 11.5 Å². The molecule has 0 spiro atoms. The van der Waals surface area contributed by atoms with E-state index in [1.54, 1.807) is 6.07 Å². The molecule has 2 aromatic rings. The highest BCUT2D eigenvalue weighted by Crippen LogP contribution is 2.40. The molecule has 2 fully saturated rings. The number of carbonyl (C=O) groups excluding carboxylic acids is 2. The molecule has 1 aromatic carbocycles. The van der Waals surface area contributed by atoms with Gasteiger partial charge in [0.2, 0.25) is 0 Å². The number of fused-ring (bicyclic) bond motifs is 2. The zero-order valence-corrected chi connectivity index (χ0v) is 24.6. The molecule has 3 heterocycles. The Bertz CT molecular complexity index is 1330. The number of carbonyl (C=O) groups is 2. The third-order valence-electron chi connectivity index (χ3n) is 7.48. The maximum Gasteiger partial charge on any atom is 0.573 e. The van der Waals surface area contributed by atoms with Gasteiger partial charge in [-0.05, 0) is 63.8 Å². The minimum atomic E-state index is -4.99. The highest BCUT2D eigenvalue weighted by Gasteiger charge is 2.44. The second-order valence-corrected chi connectivity index (χ2v) is 11.5. The molecule has 9 nitrogen and oxygen atoms in total. The van der Waals surface area contributed by atoms with Gasteiger partial charge in [-0.2, -0.15) is 13.2 Å². The molecule has 0 radical (unpaired) electrons. The zero-order chi connectivity index (χ0) is 32.4. The van der Waals surface area contributed by atoms with Crippen LogP contribution < -0.4 is 25.0 Å². The largest absolute Gasteiger partial charge is 0.573 e. The van der Waals surface area contributed by atoms with Gasteiger partial charge in [-0.1, -0.05) is 11.6 Å². The summed E-state index contributed by atoms with van der Waals surface area (Å²) < 4.78 is 91.3. The number of nitrogens with one attached hydrogen (secondary N) is 2. The van der Waals surface area contributed by atoms with Crippen LogP contribution in [0, 0.1) is 0 Å². The number of alkyl halides is 6. The predicted octanol–water partition coefficient (Wildman–Crippen LogP) is 5.41. The van der Waals surface area contributed by atoms with E-state index in [9.17, 15) is 35.9 Å². The Hall–Kier alpha value is -3.46. The molecule has 242 valence electrons. The van der Waals surface area contributed by atoms with Crippen molar-refractivity contribution in [3.63, 3.8) is 0 Å². The molecule has 2 N–H and O–H groups in total. The average molecular weight is 653 g/mol. The van der Waals surface area contributed by atoms with Gasteiger partial charge in [-0.25, -0.2) is 4.98 Å². The van der Waals surface area contributed by atoms with E-state index >= 15 is 0 Å². The molecule has 1 aromatic heterocycles. The molecular weight excluding hydrogens is 622 g/mol. The zero-order valence-electron chi connectivity index (χ0n) is 23.9. The first-order valence-corrected chi connectivity index (χ1v) is 14.0. The first-order chi connectivity index (χ1) is 20.5. The first-order valence-electron chi connectivity index (χ1n) is 13.6. The number of halogens is 7. The number of ether oxygens (including phenoxy) is 3. The topological polar surface area (TPSA) is 102 Å². The van der Waals surface area contributed by atoms with Gasteiger partial charge in [0.15, 0.2) is 23.2 Å². The lowest BCUT2D eigenvalue weighted by Crippen LogP contribution is -2.55. The Kier molecular flexibility index (Phi) is 9.78. The van der Waals surface area contributed by atoms with Crippen molar-refractivity contribution in [1.29, 1.82) is 0 Å². The number of benzene rings is 1. The van der Waals surface area contributed by atoms with E-state index in [2.05, 4.69) is 30.0 Å². The van der Waals surface area contributed by atoms with Crippen LogP contribution in [-0.2, 0) is 9.53 Å². The fraction of sp³-hybridized carbons (Fsp3) is 0.536. The molecule has 16 heteroatoms. The molecule has 3 atom stereocenters. The fourth-order valence-electron chi connectivity index (χ4n) is 5.41. The SMILES string of the molecule is COC(CNC(=O)c1ccc(N2C3CCC2CC(NC(=O)C(C)(C)Oc2ccc(Cl)cc2OC(F)(F)F)C3)nc1)C(F)(F)F. The van der Waals surface area contributed by atoms with E-state index in [-0.39, 0.29) is 34.5 Å². The number of anilines is 1. The van der Waals surface area contributed by atoms with Gasteiger partial charge in [-0.3, -0.25) is 9.59 Å². The Morgan fingerprint density at radius 3 is 2.23 bits per heavy atom. The van der Waals surface area contributed by atoms with Crippen LogP contribution in [0.3, 0.4) is 0 Å². The molecule has 2 aliphatic rings. The first kappa shape index (κ1) is 33.4. The summed E-state index contributed by atoms with van der Waals surface area (Å²) in [6.45, 7) is 2.12. The number of rotatable bonds is 10. The highest BCUT2D eigenvalue weighted by molar-refractivity contribution is 6.30. The van der Waals surface area contributed by atoms with Crippen LogP contribution in [-0.4, -0.2) is 72.8 Å². The van der Waals surface area contributed by atoms with Gasteiger partial charge >= 0.3 is 12.5 Å². The molecule has 4 rings (SSSR count). The summed E-state index contributed by atoms with van der Waals surface area (Å²) in [4.78, 5) is 32.0. The quantitative estimate of drug-likeness (QED) is 0.331. The standard InChI is InChI=1S/C28H31ClF6N4O5/c1-26(2,43-20-8-5-16(29)10-21(20)44-28(33,34)35)25(41)38-17-11-18-6-7-19(12-17)39(18)23-9-4-15(13-36-23)24(40)37-14-22(42-3)27(30,31)32/h4-5,8-10,13,17-19,22H,6-7,11-12,14H2,1-3H3,(H,37,40)(H,38,41). The smallest absolute Gasteiger partial charge is 0.474 e. The third kappa shape index (κ3) is 8.17. The second-order valence-electron chi connectivity index (χ2n) is 11.1. The van der Waals surface area contributed by atoms with Crippen molar-refractivity contribution < 1.29 is 50.1 Å². The number of hydrogen-bond donors (Lipinski definition) is 2. The van der Waals surface area contributed by atoms with Crippen molar-refractivity contribution in [1.82, 2.24) is 15.6 Å². The van der Waals surface area contributed by atoms with Gasteiger partial charge < -0.3 is 29.7 Å². The summed E-state index contributed by atoms with van der Waals surface area (Å²) in [6, 6.07) is 6.33. The predicted molar refractivity (Wildman–Crippen MR) is 147 cm³/mol. The van der Waals surface area contributed by atoms with Crippen LogP contribution in [0.4, 0.5) is 32.2 Å². The van der Waals surface area contributed by atoms with Crippen molar-refractivity contribution >= 4 is 29.2 Å². The lowest BCUT2D eigenvalue weighted by Gasteiger charge is -2.40. The number of piperidine rings is 1. The Labute approximate surface area is 254 Å². The molecular formula is C28H31ClF6N4O5. The summed E-state index contributed by atoms with van der Waals surface area (Å²) in [5.41, 5.74) is -1.47. The number of pyridine rings is 1. The number of nitrogens with zero attached hydrogens (tertiary/aromatic N) is 2. The van der Waals surface area contributed by atoms with Crippen LogP contribution in [0.2, 0.25) is 5.02 Å². The van der Waals surface area contributed by atoms with Crippen LogP contribution in [0.25, 0.3) is 0 Å². The van der Waals surface area contributed by atoms with E-state index in [0.29, 0.717) is 18.7 Å². The van der Waals surface area contributed by atoms with Crippen molar-refractivity contribution in [3.05, 3.63) is 47.1 Å². The van der Waals surface area contributed by atoms with Gasteiger partial charge in [0.25, 0.3) is 11.8 Å². The fourth-order valence-corrected chi connectivity index (χ4v) is 5.58. The molecule has 2 bridgehead atoms. The van der Waals surface area contributed by atoms with Gasteiger partial charge in [0.1, 0.15) is 5.82 Å². The highest BCUT2D eigenvalue weighted by atomic mass is 35.5. The summed E-state index contributed by atoms with van der Waals surface area (Å²) in [5.74, 6) is -1.64. The van der Waals surface area contributed by atoms with Crippen molar-refractivity contribution in [3.8, 4) is 11.5 Å². The second kappa shape index (κ2) is 12.9. The van der Waals surface area contributed by atoms with Crippen LogP contribution in [0.15, 0.2) is 36.5 Å². The number of hydrogen-bond acceptors (Lipinski definition) is 7. The molecule has 2 saturated heterocycles. The lowest BCUT2D eigenvalue weighted by atomic mass is 9.96. The van der Waals surface area contributed by atoms with E-state index in [1.165, 1.54) is 38.2 Å². The van der Waals surface area contributed by atoms with Crippen LogP contribution in [0.1, 0.15) is 49.9 Å². The van der Waals surface area contributed by atoms with Gasteiger partial charge in [-0.15, -0.1) is 13.2 Å². The van der Waals surface area contributed by atoms with Crippen molar-refractivity contribution in [2.75, 3.05) is 18.6 Å². The number of aromatic nitrogens is 1. The summed E-state index contributed by atoms with van der Waals surface area (Å²) in [7, 11) is 0.909. The van der Waals surface area contributed by atoms with Crippen LogP contribution >= 0.6 is 11.6 Å². The van der Waals surface area contributed by atoms with E-state index in [1.807, 2.05) is 0 Å².